The number of aliphatic hydroxyl groups excluding tert-OH is 1. The molecule has 0 fully saturated rings. The summed E-state index contributed by atoms with van der Waals surface area (Å²) in [5.74, 6) is -2.73. The van der Waals surface area contributed by atoms with E-state index in [1.165, 1.54) is 18.2 Å². The van der Waals surface area contributed by atoms with Crippen LogP contribution in [0.3, 0.4) is 0 Å². The third kappa shape index (κ3) is 8.14. The summed E-state index contributed by atoms with van der Waals surface area (Å²) in [5.41, 5.74) is -1.87. The summed E-state index contributed by atoms with van der Waals surface area (Å²) in [6.07, 6.45) is 1.20. The summed E-state index contributed by atoms with van der Waals surface area (Å²) >= 11 is 0. The van der Waals surface area contributed by atoms with Crippen LogP contribution in [0.5, 0.6) is 0 Å². The topological polar surface area (TPSA) is 143 Å². The highest BCUT2D eigenvalue weighted by atomic mass is 16.6. The zero-order valence-corrected chi connectivity index (χ0v) is 23.2. The Balaban J connectivity index is 2.67. The first-order chi connectivity index (χ1) is 17.4. The molecule has 1 aliphatic heterocycles. The molecule has 2 N–H and O–H groups in total. The van der Waals surface area contributed by atoms with E-state index in [0.717, 1.165) is 22.0 Å². The zero-order valence-electron chi connectivity index (χ0n) is 23.2. The first kappa shape index (κ1) is 30.5. The number of nitrogens with one attached hydrogen (secondary N) is 1. The Kier molecular flexibility index (Phi) is 9.44. The summed E-state index contributed by atoms with van der Waals surface area (Å²) < 4.78 is 10.9. The minimum Gasteiger partial charge on any atom is -0.459 e. The van der Waals surface area contributed by atoms with Crippen molar-refractivity contribution in [3.63, 3.8) is 0 Å². The Morgan fingerprint density at radius 1 is 0.974 bits per heavy atom. The lowest BCUT2D eigenvalue weighted by molar-refractivity contribution is -0.153. The number of anilines is 2. The highest BCUT2D eigenvalue weighted by Crippen LogP contribution is 2.34. The maximum absolute atomic E-state index is 13.3. The summed E-state index contributed by atoms with van der Waals surface area (Å²) in [5, 5.41) is 12.3. The predicted octanol–water partition coefficient (Wildman–Crippen LogP) is 2.95. The molecular weight excluding hydrogens is 494 g/mol. The minimum atomic E-state index is -0.954. The van der Waals surface area contributed by atoms with Crippen LogP contribution in [-0.4, -0.2) is 65.3 Å². The maximum atomic E-state index is 13.3. The van der Waals surface area contributed by atoms with Crippen LogP contribution in [0.15, 0.2) is 30.4 Å². The molecule has 38 heavy (non-hydrogen) atoms. The Hall–Kier alpha value is -3.73. The number of carbonyl (C=O) groups excluding carboxylic acids is 5. The van der Waals surface area contributed by atoms with Crippen LogP contribution >= 0.6 is 0 Å². The molecule has 4 amide bonds. The maximum Gasteiger partial charge on any atom is 0.415 e. The van der Waals surface area contributed by atoms with Gasteiger partial charge in [0.25, 0.3) is 17.7 Å². The van der Waals surface area contributed by atoms with Gasteiger partial charge in [-0.2, -0.15) is 0 Å². The number of benzene rings is 1. The van der Waals surface area contributed by atoms with Crippen LogP contribution in [0.25, 0.3) is 0 Å². The van der Waals surface area contributed by atoms with Crippen molar-refractivity contribution in [3.8, 4) is 0 Å². The second-order valence-corrected chi connectivity index (χ2v) is 11.2. The number of aliphatic hydroxyl groups is 1. The molecule has 0 saturated heterocycles. The first-order valence-electron chi connectivity index (χ1n) is 12.3. The number of ether oxygens (including phenoxy) is 2. The van der Waals surface area contributed by atoms with Crippen LogP contribution in [0, 0.1) is 5.92 Å². The molecule has 11 nitrogen and oxygen atoms in total. The van der Waals surface area contributed by atoms with Gasteiger partial charge in [0.1, 0.15) is 17.7 Å². The molecule has 1 heterocycles. The third-order valence-corrected chi connectivity index (χ3v) is 5.22. The molecule has 1 aliphatic rings. The molecule has 0 aliphatic carbocycles. The minimum absolute atomic E-state index is 0.0291. The van der Waals surface area contributed by atoms with Crippen molar-refractivity contribution in [2.24, 2.45) is 5.92 Å². The van der Waals surface area contributed by atoms with Crippen molar-refractivity contribution in [2.75, 3.05) is 23.0 Å². The Morgan fingerprint density at radius 3 is 2.00 bits per heavy atom. The van der Waals surface area contributed by atoms with E-state index in [9.17, 15) is 29.1 Å². The van der Waals surface area contributed by atoms with E-state index in [-0.39, 0.29) is 29.5 Å². The molecule has 0 saturated carbocycles. The van der Waals surface area contributed by atoms with Crippen LogP contribution in [0.2, 0.25) is 0 Å². The molecule has 11 heteroatoms. The fraction of sp³-hybridized carbons (Fsp3) is 0.519. The summed E-state index contributed by atoms with van der Waals surface area (Å²) in [6.45, 7) is 12.7. The summed E-state index contributed by atoms with van der Waals surface area (Å²) in [6, 6.07) is 3.46. The number of carbonyl (C=O) groups is 5. The quantitative estimate of drug-likeness (QED) is 0.385. The molecule has 2 rings (SSSR count). The summed E-state index contributed by atoms with van der Waals surface area (Å²) in [7, 11) is 0. The van der Waals surface area contributed by atoms with Crippen LogP contribution < -0.4 is 15.1 Å². The van der Waals surface area contributed by atoms with Crippen molar-refractivity contribution in [2.45, 2.75) is 72.6 Å². The van der Waals surface area contributed by atoms with E-state index in [4.69, 9.17) is 9.47 Å². The number of hydrogen-bond acceptors (Lipinski definition) is 8. The van der Waals surface area contributed by atoms with Crippen LogP contribution in [-0.2, 0) is 23.9 Å². The Bertz CT molecular complexity index is 1110. The fourth-order valence-electron chi connectivity index (χ4n) is 3.45. The van der Waals surface area contributed by atoms with E-state index in [0.29, 0.717) is 0 Å². The molecule has 208 valence electrons. The number of rotatable bonds is 8. The predicted molar refractivity (Wildman–Crippen MR) is 141 cm³/mol. The van der Waals surface area contributed by atoms with Gasteiger partial charge in [0.2, 0.25) is 0 Å². The van der Waals surface area contributed by atoms with Gasteiger partial charge in [0.05, 0.1) is 24.0 Å². The van der Waals surface area contributed by atoms with Gasteiger partial charge >= 0.3 is 12.1 Å². The van der Waals surface area contributed by atoms with Crippen molar-refractivity contribution in [1.82, 2.24) is 5.32 Å². The molecule has 0 bridgehead atoms. The van der Waals surface area contributed by atoms with Gasteiger partial charge in [0.15, 0.2) is 0 Å². The zero-order chi connectivity index (χ0) is 29.0. The van der Waals surface area contributed by atoms with E-state index in [2.05, 4.69) is 5.32 Å². The number of amides is 4. The van der Waals surface area contributed by atoms with Crippen molar-refractivity contribution in [3.05, 3.63) is 35.9 Å². The van der Waals surface area contributed by atoms with E-state index >= 15 is 0 Å². The van der Waals surface area contributed by atoms with Crippen LogP contribution in [0.4, 0.5) is 16.2 Å². The van der Waals surface area contributed by atoms with Gasteiger partial charge in [-0.25, -0.2) is 9.69 Å². The fourth-order valence-corrected chi connectivity index (χ4v) is 3.45. The van der Waals surface area contributed by atoms with Crippen LogP contribution in [0.1, 0.15) is 65.7 Å². The lowest BCUT2D eigenvalue weighted by atomic mass is 10.0. The average molecular weight is 532 g/mol. The highest BCUT2D eigenvalue weighted by molar-refractivity contribution is 6.29. The highest BCUT2D eigenvalue weighted by Gasteiger charge is 2.34. The van der Waals surface area contributed by atoms with Crippen molar-refractivity contribution in [1.29, 1.82) is 0 Å². The van der Waals surface area contributed by atoms with E-state index in [1.54, 1.807) is 41.5 Å². The normalized spacial score (nSPS) is 14.5. The summed E-state index contributed by atoms with van der Waals surface area (Å²) in [4.78, 5) is 66.0. The molecule has 1 aromatic rings. The van der Waals surface area contributed by atoms with Crippen molar-refractivity contribution < 1.29 is 38.6 Å². The largest absolute Gasteiger partial charge is 0.459 e. The van der Waals surface area contributed by atoms with Crippen molar-refractivity contribution >= 4 is 41.2 Å². The molecule has 0 aromatic heterocycles. The van der Waals surface area contributed by atoms with Gasteiger partial charge in [-0.05, 0) is 65.7 Å². The molecule has 1 unspecified atom stereocenters. The molecule has 1 aromatic carbocycles. The monoisotopic (exact) mass is 531 g/mol. The smallest absolute Gasteiger partial charge is 0.415 e. The lowest BCUT2D eigenvalue weighted by Gasteiger charge is -2.31. The SMILES string of the molecule is CC(C)C(CO)NC(=O)c1ccc(N2C(=O)C=CC2=O)c(N(CC(=O)OC(C)(C)C)C(=O)OC(C)(C)C)c1. The number of nitrogens with zero attached hydrogens (tertiary/aromatic N) is 2. The Labute approximate surface area is 222 Å². The third-order valence-electron chi connectivity index (χ3n) is 5.22. The van der Waals surface area contributed by atoms with Gasteiger partial charge in [-0.3, -0.25) is 24.1 Å². The van der Waals surface area contributed by atoms with E-state index in [1.807, 2.05) is 13.8 Å². The number of esters is 1. The Morgan fingerprint density at radius 2 is 1.53 bits per heavy atom. The standard InChI is InChI=1S/C27H37N3O8/c1-16(2)18(15-31)28-24(35)17-9-10-19(30-21(32)11-12-22(30)33)20(13-17)29(25(36)38-27(6,7)8)14-23(34)37-26(3,4)5/h9-13,16,18,31H,14-15H2,1-8H3,(H,28,35). The van der Waals surface area contributed by atoms with Gasteiger partial charge in [-0.1, -0.05) is 13.8 Å². The number of imide groups is 1. The van der Waals surface area contributed by atoms with E-state index < -0.39 is 53.6 Å². The molecule has 0 spiro atoms. The van der Waals surface area contributed by atoms with Gasteiger partial charge in [0, 0.05) is 17.7 Å². The molecule has 1 atom stereocenters. The number of hydrogen-bond donors (Lipinski definition) is 2. The van der Waals surface area contributed by atoms with Gasteiger partial charge < -0.3 is 19.9 Å². The lowest BCUT2D eigenvalue weighted by Crippen LogP contribution is -2.43. The molecule has 0 radical (unpaired) electrons. The second-order valence-electron chi connectivity index (χ2n) is 11.2. The average Bonchev–Trinajstić information content (AvgIpc) is 3.10. The second kappa shape index (κ2) is 11.8. The first-order valence-corrected chi connectivity index (χ1v) is 12.3. The van der Waals surface area contributed by atoms with Gasteiger partial charge in [-0.15, -0.1) is 0 Å². The molecular formula is C27H37N3O8.